The third-order valence-electron chi connectivity index (χ3n) is 6.02. The first kappa shape index (κ1) is 19.2. The maximum atomic E-state index is 13.6. The summed E-state index contributed by atoms with van der Waals surface area (Å²) in [5.74, 6) is -0.537. The second-order valence-corrected chi connectivity index (χ2v) is 7.89. The first-order valence-electron chi connectivity index (χ1n) is 10.6. The van der Waals surface area contributed by atoms with Gasteiger partial charge in [0.2, 0.25) is 5.88 Å². The number of likely N-dealkylation sites (tertiary alicyclic amines) is 1. The molecule has 1 aliphatic heterocycles. The van der Waals surface area contributed by atoms with E-state index >= 15 is 0 Å². The van der Waals surface area contributed by atoms with Crippen molar-refractivity contribution in [3.05, 3.63) is 102 Å². The molecule has 1 amide bonds. The van der Waals surface area contributed by atoms with Gasteiger partial charge in [-0.1, -0.05) is 72.8 Å². The maximum Gasteiger partial charge on any atom is 0.278 e. The Kier molecular flexibility index (Phi) is 5.08. The summed E-state index contributed by atoms with van der Waals surface area (Å²) >= 11 is 0. The van der Waals surface area contributed by atoms with Crippen molar-refractivity contribution in [2.75, 3.05) is 6.54 Å². The molecule has 5 rings (SSSR count). The molecule has 1 fully saturated rings. The van der Waals surface area contributed by atoms with Gasteiger partial charge in [-0.3, -0.25) is 4.79 Å². The van der Waals surface area contributed by atoms with E-state index in [-0.39, 0.29) is 29.4 Å². The van der Waals surface area contributed by atoms with E-state index in [1.807, 2.05) is 53.4 Å². The van der Waals surface area contributed by atoms with Gasteiger partial charge in [0.25, 0.3) is 5.91 Å². The van der Waals surface area contributed by atoms with Gasteiger partial charge in [-0.2, -0.15) is 0 Å². The van der Waals surface area contributed by atoms with Gasteiger partial charge in [-0.15, -0.1) is 0 Å². The van der Waals surface area contributed by atoms with Crippen LogP contribution in [0.5, 0.6) is 5.88 Å². The van der Waals surface area contributed by atoms with Gasteiger partial charge < -0.3 is 10.0 Å². The van der Waals surface area contributed by atoms with Gasteiger partial charge in [0.1, 0.15) is 0 Å². The molecule has 0 bridgehead atoms. The molecule has 154 valence electrons. The van der Waals surface area contributed by atoms with Gasteiger partial charge in [0.15, 0.2) is 5.69 Å². The zero-order valence-electron chi connectivity index (χ0n) is 17.1. The number of hydrogen-bond acceptors (Lipinski definition) is 4. The highest BCUT2D eigenvalue weighted by Gasteiger charge is 2.38. The highest BCUT2D eigenvalue weighted by molar-refractivity contribution is 5.96. The Morgan fingerprint density at radius 2 is 1.39 bits per heavy atom. The van der Waals surface area contributed by atoms with Crippen molar-refractivity contribution in [2.45, 2.75) is 24.8 Å². The van der Waals surface area contributed by atoms with Crippen LogP contribution in [0.4, 0.5) is 0 Å². The first-order chi connectivity index (χ1) is 15.2. The van der Waals surface area contributed by atoms with Crippen LogP contribution in [0.15, 0.2) is 84.9 Å². The lowest BCUT2D eigenvalue weighted by atomic mass is 9.84. The number of rotatable bonds is 4. The zero-order chi connectivity index (χ0) is 21.2. The van der Waals surface area contributed by atoms with E-state index in [2.05, 4.69) is 34.2 Å². The van der Waals surface area contributed by atoms with Gasteiger partial charge in [-0.05, 0) is 36.1 Å². The number of hydrogen-bond donors (Lipinski definition) is 1. The highest BCUT2D eigenvalue weighted by Crippen LogP contribution is 2.37. The molecule has 1 N–H and O–H groups in total. The van der Waals surface area contributed by atoms with Crippen LogP contribution >= 0.6 is 0 Å². The van der Waals surface area contributed by atoms with Crippen molar-refractivity contribution in [3.8, 4) is 5.88 Å². The van der Waals surface area contributed by atoms with Crippen LogP contribution < -0.4 is 0 Å². The fourth-order valence-electron chi connectivity index (χ4n) is 4.62. The van der Waals surface area contributed by atoms with Crippen molar-refractivity contribution in [3.63, 3.8) is 0 Å². The lowest BCUT2D eigenvalue weighted by molar-refractivity contribution is 0.0715. The number of aromatic hydroxyl groups is 1. The van der Waals surface area contributed by atoms with Crippen LogP contribution in [0.1, 0.15) is 40.4 Å². The summed E-state index contributed by atoms with van der Waals surface area (Å²) < 4.78 is 0. The second-order valence-electron chi connectivity index (χ2n) is 7.89. The van der Waals surface area contributed by atoms with Crippen molar-refractivity contribution in [1.29, 1.82) is 0 Å². The molecule has 1 atom stereocenters. The maximum absolute atomic E-state index is 13.6. The molecule has 5 heteroatoms. The van der Waals surface area contributed by atoms with E-state index in [4.69, 9.17) is 0 Å². The quantitative estimate of drug-likeness (QED) is 0.527. The molecule has 4 aromatic rings. The zero-order valence-corrected chi connectivity index (χ0v) is 17.1. The molecule has 0 aliphatic carbocycles. The Labute approximate surface area is 181 Å². The summed E-state index contributed by atoms with van der Waals surface area (Å²) in [6, 6.07) is 27.9. The minimum absolute atomic E-state index is 0.0190. The number of carbonyl (C=O) groups is 1. The predicted molar refractivity (Wildman–Crippen MR) is 120 cm³/mol. The molecule has 0 saturated carbocycles. The number of nitrogens with zero attached hydrogens (tertiary/aromatic N) is 3. The Morgan fingerprint density at radius 1 is 0.839 bits per heavy atom. The van der Waals surface area contributed by atoms with Gasteiger partial charge >= 0.3 is 0 Å². The third-order valence-corrected chi connectivity index (χ3v) is 6.02. The molecule has 0 radical (unpaired) electrons. The monoisotopic (exact) mass is 409 g/mol. The Balaban J connectivity index is 1.55. The van der Waals surface area contributed by atoms with Crippen LogP contribution in [0, 0.1) is 0 Å². The van der Waals surface area contributed by atoms with Crippen LogP contribution in [-0.2, 0) is 0 Å². The van der Waals surface area contributed by atoms with Crippen LogP contribution in [-0.4, -0.2) is 38.5 Å². The number of para-hydroxylation sites is 2. The predicted octanol–water partition coefficient (Wildman–Crippen LogP) is 4.77. The topological polar surface area (TPSA) is 66.3 Å². The minimum Gasteiger partial charge on any atom is -0.492 e. The standard InChI is InChI=1S/C26H23N3O2/c30-25-24(27-20-14-7-8-15-21(20)28-25)26(31)29-17-9-16-22(29)23(18-10-3-1-4-11-18)19-12-5-2-6-13-19/h1-8,10-15,22-23H,9,16-17H2,(H,28,30)/t22-/m0/s1. The summed E-state index contributed by atoms with van der Waals surface area (Å²) in [5.41, 5.74) is 3.54. The van der Waals surface area contributed by atoms with Crippen LogP contribution in [0.25, 0.3) is 11.0 Å². The SMILES string of the molecule is O=C(c1nc2ccccc2nc1O)N1CCC[C@H]1C(c1ccccc1)c1ccccc1. The number of carbonyl (C=O) groups excluding carboxylic acids is 1. The van der Waals surface area contributed by atoms with E-state index in [0.717, 1.165) is 12.8 Å². The Hall–Kier alpha value is -3.73. The van der Waals surface area contributed by atoms with Gasteiger partial charge in [0, 0.05) is 18.5 Å². The van der Waals surface area contributed by atoms with Crippen LogP contribution in [0.2, 0.25) is 0 Å². The first-order valence-corrected chi connectivity index (χ1v) is 10.6. The number of benzene rings is 3. The summed E-state index contributed by atoms with van der Waals surface area (Å²) in [7, 11) is 0. The smallest absolute Gasteiger partial charge is 0.278 e. The van der Waals surface area contributed by atoms with E-state index in [1.54, 1.807) is 12.1 Å². The fourth-order valence-corrected chi connectivity index (χ4v) is 4.62. The molecule has 1 saturated heterocycles. The van der Waals surface area contributed by atoms with Crippen molar-refractivity contribution in [2.24, 2.45) is 0 Å². The van der Waals surface area contributed by atoms with E-state index in [0.29, 0.717) is 17.6 Å². The normalized spacial score (nSPS) is 16.2. The molecular weight excluding hydrogens is 386 g/mol. The van der Waals surface area contributed by atoms with Crippen molar-refractivity contribution < 1.29 is 9.90 Å². The van der Waals surface area contributed by atoms with Crippen molar-refractivity contribution in [1.82, 2.24) is 14.9 Å². The lowest BCUT2D eigenvalue weighted by Gasteiger charge is -2.32. The summed E-state index contributed by atoms with van der Waals surface area (Å²) in [6.45, 7) is 0.633. The molecule has 0 spiro atoms. The van der Waals surface area contributed by atoms with Crippen LogP contribution in [0.3, 0.4) is 0 Å². The molecule has 0 unspecified atom stereocenters. The van der Waals surface area contributed by atoms with Crippen molar-refractivity contribution >= 4 is 16.9 Å². The summed E-state index contributed by atoms with van der Waals surface area (Å²) in [6.07, 6.45) is 1.80. The number of amides is 1. The molecule has 5 nitrogen and oxygen atoms in total. The largest absolute Gasteiger partial charge is 0.492 e. The summed E-state index contributed by atoms with van der Waals surface area (Å²) in [4.78, 5) is 24.1. The molecule has 31 heavy (non-hydrogen) atoms. The van der Waals surface area contributed by atoms with Gasteiger partial charge in [0.05, 0.1) is 11.0 Å². The molecule has 3 aromatic carbocycles. The molecular formula is C26H23N3O2. The minimum atomic E-state index is -0.315. The van der Waals surface area contributed by atoms with E-state index in [1.165, 1.54) is 11.1 Å². The average molecular weight is 409 g/mol. The second kappa shape index (κ2) is 8.19. The molecule has 1 aromatic heterocycles. The Morgan fingerprint density at radius 3 is 2.00 bits per heavy atom. The molecule has 2 heterocycles. The van der Waals surface area contributed by atoms with E-state index < -0.39 is 0 Å². The lowest BCUT2D eigenvalue weighted by Crippen LogP contribution is -2.40. The average Bonchev–Trinajstić information content (AvgIpc) is 3.29. The Bertz CT molecular complexity index is 1170. The third kappa shape index (κ3) is 3.63. The number of aromatic nitrogens is 2. The fraction of sp³-hybridized carbons (Fsp3) is 0.192. The summed E-state index contributed by atoms with van der Waals surface area (Å²) in [5, 5.41) is 10.5. The van der Waals surface area contributed by atoms with Gasteiger partial charge in [-0.25, -0.2) is 9.97 Å². The number of fused-ring (bicyclic) bond motifs is 1. The highest BCUT2D eigenvalue weighted by atomic mass is 16.3. The molecule has 1 aliphatic rings. The van der Waals surface area contributed by atoms with E-state index in [9.17, 15) is 9.90 Å².